The first-order valence-electron chi connectivity index (χ1n) is 5.94. The SMILES string of the molecule is O=C(CO)CCC[C@H](C(=O)O)[C@H]1CCCC1=O. The third-order valence-corrected chi connectivity index (χ3v) is 3.30. The van der Waals surface area contributed by atoms with Crippen LogP contribution in [0.5, 0.6) is 0 Å². The van der Waals surface area contributed by atoms with Crippen LogP contribution in [0.15, 0.2) is 0 Å². The maximum atomic E-state index is 11.5. The standard InChI is InChI=1S/C12H18O5/c13-7-8(14)3-1-5-10(12(16)17)9-4-2-6-11(9)15/h9-10,13H,1-7H2,(H,16,17)/t9-,10+/m1/s1. The van der Waals surface area contributed by atoms with E-state index < -0.39 is 18.5 Å². The van der Waals surface area contributed by atoms with Gasteiger partial charge >= 0.3 is 5.97 Å². The van der Waals surface area contributed by atoms with Crippen LogP contribution >= 0.6 is 0 Å². The molecule has 1 saturated carbocycles. The average molecular weight is 242 g/mol. The molecule has 0 aromatic heterocycles. The van der Waals surface area contributed by atoms with Crippen LogP contribution in [0, 0.1) is 11.8 Å². The molecule has 0 aromatic carbocycles. The maximum Gasteiger partial charge on any atom is 0.307 e. The highest BCUT2D eigenvalue weighted by molar-refractivity contribution is 5.87. The van der Waals surface area contributed by atoms with Crippen molar-refractivity contribution in [3.63, 3.8) is 0 Å². The summed E-state index contributed by atoms with van der Waals surface area (Å²) < 4.78 is 0. The fourth-order valence-corrected chi connectivity index (χ4v) is 2.36. The Hall–Kier alpha value is -1.23. The van der Waals surface area contributed by atoms with E-state index >= 15 is 0 Å². The second-order valence-electron chi connectivity index (χ2n) is 4.50. The van der Waals surface area contributed by atoms with Gasteiger partial charge in [-0.1, -0.05) is 0 Å². The third kappa shape index (κ3) is 3.93. The smallest absolute Gasteiger partial charge is 0.307 e. The summed E-state index contributed by atoms with van der Waals surface area (Å²) in [4.78, 5) is 33.5. The molecule has 17 heavy (non-hydrogen) atoms. The second-order valence-corrected chi connectivity index (χ2v) is 4.50. The van der Waals surface area contributed by atoms with E-state index in [0.29, 0.717) is 25.7 Å². The monoisotopic (exact) mass is 242 g/mol. The number of hydrogen-bond donors (Lipinski definition) is 2. The highest BCUT2D eigenvalue weighted by atomic mass is 16.4. The van der Waals surface area contributed by atoms with E-state index in [9.17, 15) is 14.4 Å². The number of aliphatic hydroxyl groups excluding tert-OH is 1. The molecule has 0 heterocycles. The molecular formula is C12H18O5. The van der Waals surface area contributed by atoms with E-state index in [2.05, 4.69) is 0 Å². The largest absolute Gasteiger partial charge is 0.481 e. The first kappa shape index (κ1) is 13.8. The average Bonchev–Trinajstić information content (AvgIpc) is 2.70. The predicted molar refractivity (Wildman–Crippen MR) is 59.4 cm³/mol. The summed E-state index contributed by atoms with van der Waals surface area (Å²) in [5.41, 5.74) is 0. The molecule has 1 fully saturated rings. The molecule has 0 aromatic rings. The Morgan fingerprint density at radius 2 is 2.12 bits per heavy atom. The lowest BCUT2D eigenvalue weighted by Crippen LogP contribution is -2.26. The van der Waals surface area contributed by atoms with Crippen molar-refractivity contribution in [3.8, 4) is 0 Å². The fraction of sp³-hybridized carbons (Fsp3) is 0.750. The number of rotatable bonds is 7. The van der Waals surface area contributed by atoms with Crippen LogP contribution in [0.25, 0.3) is 0 Å². The van der Waals surface area contributed by atoms with E-state index in [1.165, 1.54) is 0 Å². The van der Waals surface area contributed by atoms with Gasteiger partial charge in [0.25, 0.3) is 0 Å². The Morgan fingerprint density at radius 3 is 2.59 bits per heavy atom. The van der Waals surface area contributed by atoms with E-state index in [1.807, 2.05) is 0 Å². The molecule has 5 heteroatoms. The van der Waals surface area contributed by atoms with Crippen molar-refractivity contribution in [2.45, 2.75) is 38.5 Å². The molecule has 0 amide bonds. The molecule has 2 N–H and O–H groups in total. The highest BCUT2D eigenvalue weighted by Crippen LogP contribution is 2.31. The van der Waals surface area contributed by atoms with Crippen LogP contribution < -0.4 is 0 Å². The summed E-state index contributed by atoms with van der Waals surface area (Å²) in [5, 5.41) is 17.6. The van der Waals surface area contributed by atoms with Gasteiger partial charge < -0.3 is 10.2 Å². The Morgan fingerprint density at radius 1 is 1.41 bits per heavy atom. The molecule has 0 saturated heterocycles. The van der Waals surface area contributed by atoms with Gasteiger partial charge in [-0.05, 0) is 25.7 Å². The number of carboxylic acid groups (broad SMARTS) is 1. The van der Waals surface area contributed by atoms with Crippen molar-refractivity contribution in [1.29, 1.82) is 0 Å². The summed E-state index contributed by atoms with van der Waals surface area (Å²) >= 11 is 0. The summed E-state index contributed by atoms with van der Waals surface area (Å²) in [6, 6.07) is 0. The van der Waals surface area contributed by atoms with Crippen molar-refractivity contribution >= 4 is 17.5 Å². The summed E-state index contributed by atoms with van der Waals surface area (Å²) in [7, 11) is 0. The van der Waals surface area contributed by atoms with Crippen LogP contribution in [0.3, 0.4) is 0 Å². The number of carboxylic acids is 1. The minimum absolute atomic E-state index is 0.0332. The van der Waals surface area contributed by atoms with E-state index in [0.717, 1.165) is 6.42 Å². The van der Waals surface area contributed by atoms with Crippen molar-refractivity contribution < 1.29 is 24.6 Å². The molecule has 0 aliphatic heterocycles. The van der Waals surface area contributed by atoms with Crippen LogP contribution in [0.2, 0.25) is 0 Å². The van der Waals surface area contributed by atoms with Gasteiger partial charge in [0.05, 0.1) is 5.92 Å². The van der Waals surface area contributed by atoms with Crippen LogP contribution in [-0.2, 0) is 14.4 Å². The van der Waals surface area contributed by atoms with E-state index in [4.69, 9.17) is 10.2 Å². The number of carbonyl (C=O) groups excluding carboxylic acids is 2. The van der Waals surface area contributed by atoms with Crippen molar-refractivity contribution in [2.75, 3.05) is 6.61 Å². The lowest BCUT2D eigenvalue weighted by Gasteiger charge is -2.17. The van der Waals surface area contributed by atoms with Crippen molar-refractivity contribution in [1.82, 2.24) is 0 Å². The van der Waals surface area contributed by atoms with Gasteiger partial charge in [-0.25, -0.2) is 0 Å². The minimum atomic E-state index is -0.957. The lowest BCUT2D eigenvalue weighted by atomic mass is 9.86. The molecule has 0 spiro atoms. The van der Waals surface area contributed by atoms with Gasteiger partial charge in [0.2, 0.25) is 0 Å². The third-order valence-electron chi connectivity index (χ3n) is 3.30. The van der Waals surface area contributed by atoms with Crippen LogP contribution in [0.4, 0.5) is 0 Å². The Kier molecular flexibility index (Phi) is 5.28. The molecule has 0 radical (unpaired) electrons. The molecule has 1 aliphatic carbocycles. The van der Waals surface area contributed by atoms with Gasteiger partial charge in [-0.2, -0.15) is 0 Å². The van der Waals surface area contributed by atoms with Gasteiger partial charge in [0.15, 0.2) is 5.78 Å². The molecule has 1 rings (SSSR count). The number of ketones is 2. The van der Waals surface area contributed by atoms with Crippen LogP contribution in [-0.4, -0.2) is 34.4 Å². The van der Waals surface area contributed by atoms with Gasteiger partial charge in [-0.3, -0.25) is 14.4 Å². The summed E-state index contributed by atoms with van der Waals surface area (Å²) in [6.45, 7) is -0.500. The minimum Gasteiger partial charge on any atom is -0.481 e. The van der Waals surface area contributed by atoms with Gasteiger partial charge in [0.1, 0.15) is 12.4 Å². The van der Waals surface area contributed by atoms with Gasteiger partial charge in [-0.15, -0.1) is 0 Å². The predicted octanol–water partition coefficient (Wildman–Crippen LogP) is 0.788. The number of carbonyl (C=O) groups is 3. The molecule has 5 nitrogen and oxygen atoms in total. The molecule has 96 valence electrons. The Bertz CT molecular complexity index is 310. The summed E-state index contributed by atoms with van der Waals surface area (Å²) in [5.74, 6) is -2.26. The van der Waals surface area contributed by atoms with E-state index in [-0.39, 0.29) is 23.9 Å². The number of aliphatic hydroxyl groups is 1. The summed E-state index contributed by atoms with van der Waals surface area (Å²) in [6.07, 6.45) is 2.81. The molecular weight excluding hydrogens is 224 g/mol. The Labute approximate surface area is 99.8 Å². The first-order chi connectivity index (χ1) is 8.06. The van der Waals surface area contributed by atoms with Crippen LogP contribution in [0.1, 0.15) is 38.5 Å². The number of hydrogen-bond acceptors (Lipinski definition) is 4. The van der Waals surface area contributed by atoms with Crippen molar-refractivity contribution in [2.24, 2.45) is 11.8 Å². The fourth-order valence-electron chi connectivity index (χ4n) is 2.36. The highest BCUT2D eigenvalue weighted by Gasteiger charge is 2.35. The number of aliphatic carboxylic acids is 1. The first-order valence-corrected chi connectivity index (χ1v) is 5.94. The molecule has 1 aliphatic rings. The second kappa shape index (κ2) is 6.49. The molecule has 0 bridgehead atoms. The molecule has 0 unspecified atom stereocenters. The zero-order valence-electron chi connectivity index (χ0n) is 9.72. The Balaban J connectivity index is 2.46. The quantitative estimate of drug-likeness (QED) is 0.688. The topological polar surface area (TPSA) is 91.7 Å². The van der Waals surface area contributed by atoms with Crippen molar-refractivity contribution in [3.05, 3.63) is 0 Å². The zero-order chi connectivity index (χ0) is 12.8. The maximum absolute atomic E-state index is 11.5. The zero-order valence-corrected chi connectivity index (χ0v) is 9.72. The number of Topliss-reactive ketones (excluding diaryl/α,β-unsaturated/α-hetero) is 2. The molecule has 2 atom stereocenters. The lowest BCUT2D eigenvalue weighted by molar-refractivity contribution is -0.146. The normalized spacial score (nSPS) is 21.5. The van der Waals surface area contributed by atoms with Gasteiger partial charge in [0, 0.05) is 18.8 Å². The van der Waals surface area contributed by atoms with E-state index in [1.54, 1.807) is 0 Å².